The van der Waals surface area contributed by atoms with Crippen LogP contribution in [0.2, 0.25) is 0 Å². The number of likely N-dealkylation sites (N-methyl/N-ethyl adjacent to an activating group) is 1. The van der Waals surface area contributed by atoms with Crippen molar-refractivity contribution in [2.24, 2.45) is 0 Å². The van der Waals surface area contributed by atoms with E-state index < -0.39 is 67.9 Å². The Morgan fingerprint density at radius 1 is 0.677 bits per heavy atom. The minimum absolute atomic E-state index is 0.309. The van der Waals surface area contributed by atoms with E-state index in [-0.39, 0.29) is 7.05 Å². The number of hydrogen-bond donors (Lipinski definition) is 1. The molecule has 31 heavy (non-hydrogen) atoms. The Morgan fingerprint density at radius 2 is 0.968 bits per heavy atom. The molecular formula is C10H6F15NO4S. The first-order chi connectivity index (χ1) is 13.1. The molecule has 0 radical (unpaired) electrons. The number of alkyl halides is 15. The Hall–Kier alpha value is -1.67. The van der Waals surface area contributed by atoms with E-state index in [0.29, 0.717) is 0 Å². The first kappa shape index (κ1) is 29.3. The third-order valence-corrected chi connectivity index (χ3v) is 5.25. The van der Waals surface area contributed by atoms with Gasteiger partial charge in [0.15, 0.2) is 0 Å². The van der Waals surface area contributed by atoms with E-state index in [2.05, 4.69) is 0 Å². The summed E-state index contributed by atoms with van der Waals surface area (Å²) in [6.07, 6.45) is -7.79. The quantitative estimate of drug-likeness (QED) is 0.471. The summed E-state index contributed by atoms with van der Waals surface area (Å²) in [6, 6.07) is 0. The molecule has 0 saturated carbocycles. The number of hydrogen-bond acceptors (Lipinski definition) is 3. The van der Waals surface area contributed by atoms with Gasteiger partial charge in [-0.25, -0.2) is 8.42 Å². The van der Waals surface area contributed by atoms with E-state index in [1.165, 1.54) is 0 Å². The second-order valence-electron chi connectivity index (χ2n) is 5.54. The highest BCUT2D eigenvalue weighted by Gasteiger charge is 2.94. The van der Waals surface area contributed by atoms with Gasteiger partial charge in [0.2, 0.25) is 0 Å². The molecule has 0 aliphatic carbocycles. The van der Waals surface area contributed by atoms with E-state index >= 15 is 0 Å². The summed E-state index contributed by atoms with van der Waals surface area (Å²) in [5.41, 5.74) is 0. The van der Waals surface area contributed by atoms with Crippen LogP contribution in [0.3, 0.4) is 0 Å². The molecular weight excluding hydrogens is 515 g/mol. The molecule has 0 spiro atoms. The summed E-state index contributed by atoms with van der Waals surface area (Å²) in [5, 5.41) is 0.557. The number of aliphatic carboxylic acids is 1. The number of halogens is 15. The highest BCUT2D eigenvalue weighted by atomic mass is 32.2. The number of carbonyl (C=O) groups is 1. The van der Waals surface area contributed by atoms with Crippen LogP contribution in [0, 0.1) is 0 Å². The van der Waals surface area contributed by atoms with Gasteiger partial charge in [0.25, 0.3) is 10.0 Å². The third kappa shape index (κ3) is 3.86. The van der Waals surface area contributed by atoms with Crippen molar-refractivity contribution in [2.45, 2.75) is 41.0 Å². The van der Waals surface area contributed by atoms with Gasteiger partial charge in [-0.3, -0.25) is 4.79 Å². The Kier molecular flexibility index (Phi) is 7.04. The van der Waals surface area contributed by atoms with Gasteiger partial charge in [0.05, 0.1) is 0 Å². The summed E-state index contributed by atoms with van der Waals surface area (Å²) in [5.74, 6) is -44.7. The predicted molar refractivity (Wildman–Crippen MR) is 64.9 cm³/mol. The normalized spacial score (nSPS) is 16.0. The van der Waals surface area contributed by atoms with Gasteiger partial charge in [-0.05, 0) is 0 Å². The van der Waals surface area contributed by atoms with Gasteiger partial charge in [-0.1, -0.05) is 0 Å². The first-order valence-electron chi connectivity index (χ1n) is 6.60. The van der Waals surface area contributed by atoms with Gasteiger partial charge in [0, 0.05) is 7.05 Å². The van der Waals surface area contributed by atoms with Crippen molar-refractivity contribution in [2.75, 3.05) is 13.6 Å². The van der Waals surface area contributed by atoms with E-state index in [1.54, 1.807) is 0 Å². The second-order valence-corrected chi connectivity index (χ2v) is 7.63. The molecule has 0 heterocycles. The Balaban J connectivity index is 6.80. The highest BCUT2D eigenvalue weighted by Crippen LogP contribution is 2.63. The van der Waals surface area contributed by atoms with Crippen molar-refractivity contribution in [1.29, 1.82) is 0 Å². The molecule has 0 aromatic carbocycles. The van der Waals surface area contributed by atoms with Gasteiger partial charge >= 0.3 is 47.0 Å². The maximum atomic E-state index is 13.6. The van der Waals surface area contributed by atoms with E-state index in [4.69, 9.17) is 5.11 Å². The molecule has 0 aliphatic rings. The lowest BCUT2D eigenvalue weighted by Crippen LogP contribution is -2.73. The monoisotopic (exact) mass is 521 g/mol. The molecule has 0 fully saturated rings. The van der Waals surface area contributed by atoms with Crippen LogP contribution in [0.1, 0.15) is 0 Å². The molecule has 5 nitrogen and oxygen atoms in total. The zero-order valence-corrected chi connectivity index (χ0v) is 14.7. The van der Waals surface area contributed by atoms with Crippen LogP contribution in [0.25, 0.3) is 0 Å². The lowest BCUT2D eigenvalue weighted by Gasteiger charge is -2.41. The fourth-order valence-corrected chi connectivity index (χ4v) is 2.71. The zero-order chi connectivity index (χ0) is 25.9. The van der Waals surface area contributed by atoms with Gasteiger partial charge in [0.1, 0.15) is 6.54 Å². The number of sulfonamides is 1. The average molecular weight is 521 g/mol. The van der Waals surface area contributed by atoms with Crippen molar-refractivity contribution in [3.8, 4) is 0 Å². The van der Waals surface area contributed by atoms with E-state index in [0.717, 1.165) is 0 Å². The molecule has 0 aromatic heterocycles. The molecule has 0 atom stereocenters. The Labute approximate surface area is 160 Å². The molecule has 186 valence electrons. The topological polar surface area (TPSA) is 74.7 Å². The van der Waals surface area contributed by atoms with Gasteiger partial charge in [-0.15, -0.1) is 0 Å². The summed E-state index contributed by atoms with van der Waals surface area (Å²) in [7, 11) is -7.75. The molecule has 1 N–H and O–H groups in total. The molecule has 0 saturated heterocycles. The van der Waals surface area contributed by atoms with Crippen molar-refractivity contribution < 1.29 is 84.2 Å². The largest absolute Gasteiger partial charge is 0.480 e. The molecule has 0 rings (SSSR count). The third-order valence-electron chi connectivity index (χ3n) is 3.39. The van der Waals surface area contributed by atoms with Crippen molar-refractivity contribution in [3.05, 3.63) is 0 Å². The average Bonchev–Trinajstić information content (AvgIpc) is 2.51. The number of rotatable bonds is 9. The maximum Gasteiger partial charge on any atom is 0.460 e. The fraction of sp³-hybridized carbons (Fsp3) is 0.900. The van der Waals surface area contributed by atoms with Crippen LogP contribution >= 0.6 is 0 Å². The number of nitrogens with zero attached hydrogens (tertiary/aromatic N) is 1. The molecule has 0 bridgehead atoms. The van der Waals surface area contributed by atoms with Crippen LogP contribution in [-0.2, 0) is 14.8 Å². The summed E-state index contributed by atoms with van der Waals surface area (Å²) < 4.78 is 215. The SMILES string of the molecule is CN(CC(=O)O)S(=O)(=O)C(F)(F)C(F)(F)C(F)(F)C(F)(F)C(F)(F)C(F)(F)C(F)(F)F. The Bertz CT molecular complexity index is 803. The van der Waals surface area contributed by atoms with Crippen LogP contribution in [0.15, 0.2) is 0 Å². The van der Waals surface area contributed by atoms with E-state index in [9.17, 15) is 79.1 Å². The minimum Gasteiger partial charge on any atom is -0.480 e. The summed E-state index contributed by atoms with van der Waals surface area (Å²) in [4.78, 5) is 10.2. The predicted octanol–water partition coefficient (Wildman–Crippen LogP) is 3.66. The molecule has 0 amide bonds. The van der Waals surface area contributed by atoms with Gasteiger partial charge < -0.3 is 5.11 Å². The minimum atomic E-state index is -8.65. The summed E-state index contributed by atoms with van der Waals surface area (Å²) >= 11 is 0. The lowest BCUT2D eigenvalue weighted by atomic mass is 9.94. The van der Waals surface area contributed by atoms with Crippen LogP contribution < -0.4 is 0 Å². The van der Waals surface area contributed by atoms with Crippen LogP contribution in [-0.4, -0.2) is 78.4 Å². The maximum absolute atomic E-state index is 13.6. The lowest BCUT2D eigenvalue weighted by molar-refractivity contribution is -0.447. The highest BCUT2D eigenvalue weighted by molar-refractivity contribution is 7.90. The van der Waals surface area contributed by atoms with Crippen molar-refractivity contribution >= 4 is 16.0 Å². The molecule has 0 unspecified atom stereocenters. The van der Waals surface area contributed by atoms with E-state index in [1.807, 2.05) is 0 Å². The Morgan fingerprint density at radius 3 is 1.26 bits per heavy atom. The molecule has 0 aliphatic heterocycles. The van der Waals surface area contributed by atoms with Crippen molar-refractivity contribution in [1.82, 2.24) is 4.31 Å². The van der Waals surface area contributed by atoms with Gasteiger partial charge in [-0.2, -0.15) is 70.2 Å². The fourth-order valence-electron chi connectivity index (χ4n) is 1.59. The zero-order valence-electron chi connectivity index (χ0n) is 13.9. The second kappa shape index (κ2) is 7.44. The standard InChI is InChI=1S/C10H6F15NO4S/c1-26(2-3(27)28)31(29,30)10(24,25)8(19,20)6(15,16)4(11,12)5(13,14)7(17,18)9(21,22)23/h2H2,1H3,(H,27,28). The number of carboxylic acid groups (broad SMARTS) is 1. The molecule has 21 heteroatoms. The first-order valence-corrected chi connectivity index (χ1v) is 8.04. The number of carboxylic acids is 1. The molecule has 0 aromatic rings. The van der Waals surface area contributed by atoms with Crippen LogP contribution in [0.5, 0.6) is 0 Å². The smallest absolute Gasteiger partial charge is 0.460 e. The summed E-state index contributed by atoms with van der Waals surface area (Å²) in [6.45, 7) is -2.21. The van der Waals surface area contributed by atoms with Crippen molar-refractivity contribution in [3.63, 3.8) is 0 Å². The van der Waals surface area contributed by atoms with Crippen LogP contribution in [0.4, 0.5) is 65.9 Å².